The van der Waals surface area contributed by atoms with Crippen molar-refractivity contribution in [3.05, 3.63) is 0 Å². The molecule has 1 aliphatic heterocycles. The molecule has 18 heavy (non-hydrogen) atoms. The normalized spacial score (nSPS) is 34.2. The van der Waals surface area contributed by atoms with E-state index in [1.54, 1.807) is 0 Å². The maximum absolute atomic E-state index is 9.84. The van der Waals surface area contributed by atoms with Crippen LogP contribution < -0.4 is 0 Å². The zero-order chi connectivity index (χ0) is 13.0. The second-order valence-corrected chi connectivity index (χ2v) is 6.64. The number of likely N-dealkylation sites (tertiary alicyclic amines) is 1. The van der Waals surface area contributed by atoms with Gasteiger partial charge in [0.05, 0.1) is 6.10 Å². The van der Waals surface area contributed by atoms with Gasteiger partial charge in [-0.25, -0.2) is 0 Å². The fourth-order valence-corrected chi connectivity index (χ4v) is 3.68. The van der Waals surface area contributed by atoms with Gasteiger partial charge in [-0.1, -0.05) is 32.6 Å². The monoisotopic (exact) mass is 255 g/mol. The summed E-state index contributed by atoms with van der Waals surface area (Å²) in [7, 11) is 0. The van der Waals surface area contributed by atoms with Crippen molar-refractivity contribution in [3.63, 3.8) is 0 Å². The number of hydrogen-bond acceptors (Lipinski definition) is 3. The summed E-state index contributed by atoms with van der Waals surface area (Å²) in [5.74, 6) is 0.375. The molecule has 2 unspecified atom stereocenters. The van der Waals surface area contributed by atoms with Gasteiger partial charge in [-0.3, -0.25) is 0 Å². The number of nitrogens with zero attached hydrogens (tertiary/aromatic N) is 1. The van der Waals surface area contributed by atoms with Crippen LogP contribution in [-0.2, 0) is 0 Å². The number of aliphatic hydroxyl groups excluding tert-OH is 2. The molecule has 3 nitrogen and oxygen atoms in total. The van der Waals surface area contributed by atoms with Crippen molar-refractivity contribution >= 4 is 0 Å². The van der Waals surface area contributed by atoms with Gasteiger partial charge in [-0.05, 0) is 25.2 Å². The second-order valence-electron chi connectivity index (χ2n) is 6.64. The molecule has 0 aromatic carbocycles. The van der Waals surface area contributed by atoms with Gasteiger partial charge in [-0.2, -0.15) is 0 Å². The summed E-state index contributed by atoms with van der Waals surface area (Å²) in [5.41, 5.74) is 0.137. The van der Waals surface area contributed by atoms with Crippen LogP contribution in [-0.4, -0.2) is 47.5 Å². The standard InChI is InChI=1S/C15H29NO2/c1-13-10-16(9-6-14(13)18)11-15(12-17)7-4-2-3-5-8-15/h13-14,17-18H,2-12H2,1H3. The Bertz CT molecular complexity index is 249. The highest BCUT2D eigenvalue weighted by Gasteiger charge is 2.34. The first-order chi connectivity index (χ1) is 8.65. The van der Waals surface area contributed by atoms with Gasteiger partial charge >= 0.3 is 0 Å². The smallest absolute Gasteiger partial charge is 0.0590 e. The van der Waals surface area contributed by atoms with Crippen LogP contribution >= 0.6 is 0 Å². The van der Waals surface area contributed by atoms with Crippen molar-refractivity contribution in [1.29, 1.82) is 0 Å². The first-order valence-electron chi connectivity index (χ1n) is 7.66. The molecule has 1 aliphatic carbocycles. The third-order valence-electron chi connectivity index (χ3n) is 5.00. The van der Waals surface area contributed by atoms with Gasteiger partial charge in [0.25, 0.3) is 0 Å². The molecule has 1 heterocycles. The van der Waals surface area contributed by atoms with Crippen LogP contribution in [0.2, 0.25) is 0 Å². The van der Waals surface area contributed by atoms with E-state index < -0.39 is 0 Å². The largest absolute Gasteiger partial charge is 0.396 e. The topological polar surface area (TPSA) is 43.7 Å². The number of piperidine rings is 1. The van der Waals surface area contributed by atoms with Crippen LogP contribution in [0, 0.1) is 11.3 Å². The highest BCUT2D eigenvalue weighted by molar-refractivity contribution is 4.87. The van der Waals surface area contributed by atoms with E-state index in [9.17, 15) is 10.2 Å². The van der Waals surface area contributed by atoms with Gasteiger partial charge < -0.3 is 15.1 Å². The average molecular weight is 255 g/mol. The van der Waals surface area contributed by atoms with Gasteiger partial charge in [0.1, 0.15) is 0 Å². The maximum Gasteiger partial charge on any atom is 0.0590 e. The average Bonchev–Trinajstić information content (AvgIpc) is 2.60. The van der Waals surface area contributed by atoms with Crippen molar-refractivity contribution in [2.75, 3.05) is 26.2 Å². The summed E-state index contributed by atoms with van der Waals surface area (Å²) in [6.07, 6.45) is 8.32. The van der Waals surface area contributed by atoms with Crippen molar-refractivity contribution in [2.24, 2.45) is 11.3 Å². The van der Waals surface area contributed by atoms with E-state index in [2.05, 4.69) is 11.8 Å². The van der Waals surface area contributed by atoms with Crippen LogP contribution in [0.15, 0.2) is 0 Å². The van der Waals surface area contributed by atoms with E-state index in [1.165, 1.54) is 38.5 Å². The Morgan fingerprint density at radius 3 is 2.39 bits per heavy atom. The lowest BCUT2D eigenvalue weighted by molar-refractivity contribution is -0.00188. The van der Waals surface area contributed by atoms with E-state index in [-0.39, 0.29) is 11.5 Å². The molecular formula is C15H29NO2. The molecule has 0 radical (unpaired) electrons. The quantitative estimate of drug-likeness (QED) is 0.758. The molecule has 0 aromatic rings. The summed E-state index contributed by atoms with van der Waals surface area (Å²) in [5, 5.41) is 19.6. The van der Waals surface area contributed by atoms with Crippen LogP contribution in [0.4, 0.5) is 0 Å². The fourth-order valence-electron chi connectivity index (χ4n) is 3.68. The molecule has 106 valence electrons. The Morgan fingerprint density at radius 2 is 1.83 bits per heavy atom. The van der Waals surface area contributed by atoms with E-state index >= 15 is 0 Å². The van der Waals surface area contributed by atoms with Crippen molar-refractivity contribution < 1.29 is 10.2 Å². The Labute approximate surface area is 111 Å². The molecule has 1 saturated heterocycles. The van der Waals surface area contributed by atoms with Crippen molar-refractivity contribution in [1.82, 2.24) is 4.90 Å². The molecule has 2 aliphatic rings. The number of aliphatic hydroxyl groups is 2. The predicted molar refractivity (Wildman–Crippen MR) is 73.4 cm³/mol. The van der Waals surface area contributed by atoms with Crippen LogP contribution in [0.5, 0.6) is 0 Å². The number of hydrogen-bond donors (Lipinski definition) is 2. The van der Waals surface area contributed by atoms with Gasteiger partial charge in [0.15, 0.2) is 0 Å². The third-order valence-corrected chi connectivity index (χ3v) is 5.00. The molecule has 2 fully saturated rings. The molecular weight excluding hydrogens is 226 g/mol. The summed E-state index contributed by atoms with van der Waals surface area (Å²) in [4.78, 5) is 2.47. The summed E-state index contributed by atoms with van der Waals surface area (Å²) < 4.78 is 0. The number of rotatable bonds is 3. The van der Waals surface area contributed by atoms with Crippen LogP contribution in [0.1, 0.15) is 51.9 Å². The highest BCUT2D eigenvalue weighted by Crippen LogP contribution is 2.36. The first-order valence-corrected chi connectivity index (χ1v) is 7.66. The Morgan fingerprint density at radius 1 is 1.17 bits per heavy atom. The minimum absolute atomic E-state index is 0.125. The van der Waals surface area contributed by atoms with Gasteiger partial charge in [-0.15, -0.1) is 0 Å². The van der Waals surface area contributed by atoms with Crippen molar-refractivity contribution in [3.8, 4) is 0 Å². The lowest BCUT2D eigenvalue weighted by atomic mass is 9.80. The zero-order valence-electron chi connectivity index (χ0n) is 11.8. The molecule has 0 aromatic heterocycles. The second kappa shape index (κ2) is 6.36. The Kier molecular flexibility index (Phi) is 5.05. The van der Waals surface area contributed by atoms with E-state index in [0.717, 1.165) is 26.1 Å². The maximum atomic E-state index is 9.84. The SMILES string of the molecule is CC1CN(CC2(CO)CCCCCC2)CCC1O. The highest BCUT2D eigenvalue weighted by atomic mass is 16.3. The fraction of sp³-hybridized carbons (Fsp3) is 1.00. The van der Waals surface area contributed by atoms with Crippen LogP contribution in [0.25, 0.3) is 0 Å². The molecule has 0 amide bonds. The molecule has 1 saturated carbocycles. The summed E-state index contributed by atoms with van der Waals surface area (Å²) in [6, 6.07) is 0. The molecule has 2 N–H and O–H groups in total. The van der Waals surface area contributed by atoms with E-state index in [4.69, 9.17) is 0 Å². The molecule has 3 heteroatoms. The summed E-state index contributed by atoms with van der Waals surface area (Å²) in [6.45, 7) is 5.48. The third kappa shape index (κ3) is 3.46. The minimum atomic E-state index is -0.125. The van der Waals surface area contributed by atoms with Gasteiger partial charge in [0, 0.05) is 31.7 Å². The van der Waals surface area contributed by atoms with Crippen LogP contribution in [0.3, 0.4) is 0 Å². The summed E-state index contributed by atoms with van der Waals surface area (Å²) >= 11 is 0. The lowest BCUT2D eigenvalue weighted by Crippen LogP contribution is -2.47. The Balaban J connectivity index is 1.92. The molecule has 0 bridgehead atoms. The van der Waals surface area contributed by atoms with Crippen molar-refractivity contribution in [2.45, 2.75) is 58.0 Å². The van der Waals surface area contributed by atoms with Gasteiger partial charge in [0.2, 0.25) is 0 Å². The lowest BCUT2D eigenvalue weighted by Gasteiger charge is -2.41. The van der Waals surface area contributed by atoms with E-state index in [0.29, 0.717) is 12.5 Å². The molecule has 2 rings (SSSR count). The Hall–Kier alpha value is -0.120. The molecule has 2 atom stereocenters. The van der Waals surface area contributed by atoms with E-state index in [1.807, 2.05) is 0 Å². The minimum Gasteiger partial charge on any atom is -0.396 e. The first kappa shape index (κ1) is 14.3. The molecule has 0 spiro atoms. The predicted octanol–water partition coefficient (Wildman–Crippen LogP) is 2.02. The zero-order valence-corrected chi connectivity index (χ0v) is 11.8.